The van der Waals surface area contributed by atoms with Crippen LogP contribution in [-0.2, 0) is 21.2 Å². The zero-order valence-corrected chi connectivity index (χ0v) is 20.5. The highest BCUT2D eigenvalue weighted by molar-refractivity contribution is 7.89. The van der Waals surface area contributed by atoms with Gasteiger partial charge in [0.2, 0.25) is 15.9 Å². The number of carbonyl (C=O) groups excluding carboxylic acids is 1. The van der Waals surface area contributed by atoms with Crippen molar-refractivity contribution in [2.45, 2.75) is 33.2 Å². The van der Waals surface area contributed by atoms with Gasteiger partial charge in [0.05, 0.1) is 12.9 Å². The predicted octanol–water partition coefficient (Wildman–Crippen LogP) is 3.41. The Hall–Kier alpha value is -2.84. The Bertz CT molecular complexity index is 1020. The third-order valence-electron chi connectivity index (χ3n) is 5.02. The van der Waals surface area contributed by atoms with E-state index in [1.165, 1.54) is 6.92 Å². The largest absolute Gasteiger partial charge is 0.493 e. The molecule has 0 aliphatic rings. The molecule has 1 amide bonds. The first-order valence-corrected chi connectivity index (χ1v) is 12.7. The molecule has 0 aliphatic carbocycles. The Morgan fingerprint density at radius 2 is 1.82 bits per heavy atom. The summed E-state index contributed by atoms with van der Waals surface area (Å²) < 4.78 is 37.5. The lowest BCUT2D eigenvalue weighted by atomic mass is 10.0. The minimum Gasteiger partial charge on any atom is -0.493 e. The number of hydrogen-bond acceptors (Lipinski definition) is 5. The minimum absolute atomic E-state index is 0.0697. The molecule has 1 atom stereocenters. The molecule has 7 nitrogen and oxygen atoms in total. The normalized spacial score (nSPS) is 12.6. The molecule has 180 valence electrons. The van der Waals surface area contributed by atoms with Gasteiger partial charge in [0.25, 0.3) is 0 Å². The van der Waals surface area contributed by atoms with Gasteiger partial charge in [-0.25, -0.2) is 13.1 Å². The van der Waals surface area contributed by atoms with Crippen molar-refractivity contribution in [1.82, 2.24) is 10.0 Å². The van der Waals surface area contributed by atoms with Gasteiger partial charge in [-0.2, -0.15) is 0 Å². The number of carbonyl (C=O) groups is 1. The minimum atomic E-state index is -3.47. The number of methoxy groups -OCH3 is 1. The van der Waals surface area contributed by atoms with Crippen LogP contribution in [0.3, 0.4) is 0 Å². The van der Waals surface area contributed by atoms with Gasteiger partial charge in [-0.05, 0) is 48.6 Å². The van der Waals surface area contributed by atoms with Crippen LogP contribution in [-0.4, -0.2) is 46.4 Å². The van der Waals surface area contributed by atoms with E-state index in [0.717, 1.165) is 11.1 Å². The van der Waals surface area contributed by atoms with Crippen molar-refractivity contribution < 1.29 is 22.7 Å². The first-order valence-electron chi connectivity index (χ1n) is 11.0. The molecule has 0 saturated carbocycles. The second-order valence-electron chi connectivity index (χ2n) is 7.89. The molecular weight excluding hydrogens is 440 g/mol. The molecule has 0 fully saturated rings. The van der Waals surface area contributed by atoms with E-state index in [1.54, 1.807) is 21.0 Å². The average molecular weight is 475 g/mol. The molecule has 33 heavy (non-hydrogen) atoms. The molecule has 2 N–H and O–H groups in total. The maximum Gasteiger partial charge on any atom is 0.238 e. The summed E-state index contributed by atoms with van der Waals surface area (Å²) in [4.78, 5) is 12.5. The zero-order chi connectivity index (χ0) is 24.3. The third-order valence-corrected chi connectivity index (χ3v) is 6.39. The topological polar surface area (TPSA) is 93.7 Å². The van der Waals surface area contributed by atoms with Gasteiger partial charge >= 0.3 is 0 Å². The number of hydrogen-bond donors (Lipinski definition) is 2. The number of benzene rings is 2. The van der Waals surface area contributed by atoms with Gasteiger partial charge in [-0.15, -0.1) is 0 Å². The molecule has 2 aromatic rings. The summed E-state index contributed by atoms with van der Waals surface area (Å²) in [5, 5.41) is 2.82. The average Bonchev–Trinajstić information content (AvgIpc) is 2.81. The summed E-state index contributed by atoms with van der Waals surface area (Å²) in [5.74, 6) is 0.678. The SMILES string of the molecule is CCS(=O)(=O)N[C@H](C(=O)NCCc1ccc(OCC=Cc2ccccc2)c(OC)c1)C(C)C. The van der Waals surface area contributed by atoms with Crippen molar-refractivity contribution in [1.29, 1.82) is 0 Å². The Labute approximate surface area is 197 Å². The van der Waals surface area contributed by atoms with Gasteiger partial charge in [0, 0.05) is 6.54 Å². The van der Waals surface area contributed by atoms with Crippen molar-refractivity contribution >= 4 is 22.0 Å². The van der Waals surface area contributed by atoms with Gasteiger partial charge in [-0.3, -0.25) is 4.79 Å². The monoisotopic (exact) mass is 474 g/mol. The van der Waals surface area contributed by atoms with Crippen LogP contribution in [0.15, 0.2) is 54.6 Å². The third kappa shape index (κ3) is 8.90. The molecule has 0 aromatic heterocycles. The molecule has 0 aliphatic heterocycles. The van der Waals surface area contributed by atoms with E-state index in [1.807, 2.05) is 60.7 Å². The number of sulfonamides is 1. The van der Waals surface area contributed by atoms with Crippen molar-refractivity contribution in [3.63, 3.8) is 0 Å². The van der Waals surface area contributed by atoms with Crippen LogP contribution in [0, 0.1) is 5.92 Å². The molecule has 2 rings (SSSR count). The molecular formula is C25H34N2O5S. The van der Waals surface area contributed by atoms with Crippen LogP contribution >= 0.6 is 0 Å². The lowest BCUT2D eigenvalue weighted by Gasteiger charge is -2.21. The number of amides is 1. The summed E-state index contributed by atoms with van der Waals surface area (Å²) in [5.41, 5.74) is 2.07. The zero-order valence-electron chi connectivity index (χ0n) is 19.7. The van der Waals surface area contributed by atoms with Gasteiger partial charge in [0.15, 0.2) is 11.5 Å². The first-order chi connectivity index (χ1) is 15.8. The highest BCUT2D eigenvalue weighted by Gasteiger charge is 2.26. The predicted molar refractivity (Wildman–Crippen MR) is 132 cm³/mol. The maximum atomic E-state index is 12.5. The van der Waals surface area contributed by atoms with E-state index in [2.05, 4.69) is 10.0 Å². The Kier molecular flexibility index (Phi) is 10.4. The summed E-state index contributed by atoms with van der Waals surface area (Å²) in [7, 11) is -1.89. The summed E-state index contributed by atoms with van der Waals surface area (Å²) >= 11 is 0. The Morgan fingerprint density at radius 3 is 2.45 bits per heavy atom. The summed E-state index contributed by atoms with van der Waals surface area (Å²) in [6.45, 7) is 5.93. The van der Waals surface area contributed by atoms with Crippen LogP contribution < -0.4 is 19.5 Å². The van der Waals surface area contributed by atoms with Crippen molar-refractivity contribution in [2.75, 3.05) is 26.0 Å². The van der Waals surface area contributed by atoms with E-state index < -0.39 is 16.1 Å². The molecule has 0 heterocycles. The van der Waals surface area contributed by atoms with E-state index in [9.17, 15) is 13.2 Å². The molecule has 8 heteroatoms. The quantitative estimate of drug-likeness (QED) is 0.464. The van der Waals surface area contributed by atoms with Crippen LogP contribution in [0.5, 0.6) is 11.5 Å². The van der Waals surface area contributed by atoms with Crippen molar-refractivity contribution in [3.05, 3.63) is 65.7 Å². The van der Waals surface area contributed by atoms with E-state index in [4.69, 9.17) is 9.47 Å². The molecule has 0 unspecified atom stereocenters. The van der Waals surface area contributed by atoms with Gasteiger partial charge in [0.1, 0.15) is 12.6 Å². The fraction of sp³-hybridized carbons (Fsp3) is 0.400. The number of rotatable bonds is 13. The Morgan fingerprint density at radius 1 is 1.09 bits per heavy atom. The molecule has 0 radical (unpaired) electrons. The number of ether oxygens (including phenoxy) is 2. The van der Waals surface area contributed by atoms with E-state index in [-0.39, 0.29) is 17.6 Å². The van der Waals surface area contributed by atoms with Crippen LogP contribution in [0.2, 0.25) is 0 Å². The van der Waals surface area contributed by atoms with Gasteiger partial charge < -0.3 is 14.8 Å². The Balaban J connectivity index is 1.89. The fourth-order valence-electron chi connectivity index (χ4n) is 3.08. The smallest absolute Gasteiger partial charge is 0.238 e. The highest BCUT2D eigenvalue weighted by Crippen LogP contribution is 2.28. The van der Waals surface area contributed by atoms with Crippen molar-refractivity contribution in [2.24, 2.45) is 5.92 Å². The van der Waals surface area contributed by atoms with Gasteiger partial charge in [-0.1, -0.05) is 56.3 Å². The number of nitrogens with one attached hydrogen (secondary N) is 2. The van der Waals surface area contributed by atoms with E-state index >= 15 is 0 Å². The first kappa shape index (κ1) is 26.4. The lowest BCUT2D eigenvalue weighted by molar-refractivity contribution is -0.123. The summed E-state index contributed by atoms with van der Waals surface area (Å²) in [6.07, 6.45) is 4.51. The lowest BCUT2D eigenvalue weighted by Crippen LogP contribution is -2.50. The summed E-state index contributed by atoms with van der Waals surface area (Å²) in [6, 6.07) is 14.8. The molecule has 2 aromatic carbocycles. The van der Waals surface area contributed by atoms with E-state index in [0.29, 0.717) is 31.1 Å². The fourth-order valence-corrected chi connectivity index (χ4v) is 4.01. The second kappa shape index (κ2) is 13.0. The van der Waals surface area contributed by atoms with Crippen molar-refractivity contribution in [3.8, 4) is 11.5 Å². The van der Waals surface area contributed by atoms with Crippen LogP contribution in [0.4, 0.5) is 0 Å². The van der Waals surface area contributed by atoms with Crippen LogP contribution in [0.25, 0.3) is 6.08 Å². The molecule has 0 bridgehead atoms. The van der Waals surface area contributed by atoms with Crippen LogP contribution in [0.1, 0.15) is 31.9 Å². The standard InChI is InChI=1S/C25H34N2O5S/c1-5-33(29,30)27-24(19(2)3)25(28)26-16-15-21-13-14-22(23(18-21)31-4)32-17-9-12-20-10-7-6-8-11-20/h6-14,18-19,24,27H,5,15-17H2,1-4H3,(H,26,28)/t24-/m0/s1. The molecule has 0 saturated heterocycles. The highest BCUT2D eigenvalue weighted by atomic mass is 32.2. The molecule has 0 spiro atoms. The second-order valence-corrected chi connectivity index (χ2v) is 9.94. The maximum absolute atomic E-state index is 12.5.